The molecule has 2 atom stereocenters. The average Bonchev–Trinajstić information content (AvgIpc) is 3.07. The van der Waals surface area contributed by atoms with Gasteiger partial charge in [0.15, 0.2) is 6.29 Å². The van der Waals surface area contributed by atoms with Crippen molar-refractivity contribution in [1.29, 1.82) is 0 Å². The zero-order valence-corrected chi connectivity index (χ0v) is 31.9. The Labute approximate surface area is 319 Å². The summed E-state index contributed by atoms with van der Waals surface area (Å²) in [5.74, 6) is -1.31. The third-order valence-corrected chi connectivity index (χ3v) is 11.0. The molecule has 0 aromatic heterocycles. The molecule has 12 nitrogen and oxygen atoms in total. The summed E-state index contributed by atoms with van der Waals surface area (Å²) in [6, 6.07) is 16.2. The number of benzene rings is 3. The van der Waals surface area contributed by atoms with E-state index in [1.54, 1.807) is 59.5 Å². The predicted octanol–water partition coefficient (Wildman–Crippen LogP) is 5.98. The molecule has 3 aromatic rings. The topological polar surface area (TPSA) is 155 Å². The minimum absolute atomic E-state index is 0.0312. The molecule has 1 fully saturated rings. The average molecular weight is 798 g/mol. The number of sulfonamides is 1. The van der Waals surface area contributed by atoms with E-state index < -0.39 is 52.8 Å². The van der Waals surface area contributed by atoms with Gasteiger partial charge in [0, 0.05) is 48.8 Å². The third kappa shape index (κ3) is 11.5. The normalized spacial score (nSPS) is 14.3. The van der Waals surface area contributed by atoms with Crippen LogP contribution in [0.15, 0.2) is 77.7 Å². The number of hydrogen-bond acceptors (Lipinski definition) is 7. The Morgan fingerprint density at radius 3 is 2.10 bits per heavy atom. The van der Waals surface area contributed by atoms with Crippen molar-refractivity contribution in [1.82, 2.24) is 19.8 Å². The van der Waals surface area contributed by atoms with Crippen LogP contribution in [-0.4, -0.2) is 92.0 Å². The molecule has 16 heteroatoms. The van der Waals surface area contributed by atoms with Crippen molar-refractivity contribution in [3.63, 3.8) is 0 Å². The highest BCUT2D eigenvalue weighted by atomic mass is 35.5. The fourth-order valence-corrected chi connectivity index (χ4v) is 7.66. The van der Waals surface area contributed by atoms with Crippen LogP contribution in [0.5, 0.6) is 0 Å². The van der Waals surface area contributed by atoms with E-state index >= 15 is 0 Å². The predicted molar refractivity (Wildman–Crippen MR) is 199 cm³/mol. The molecular weight excluding hydrogens is 755 g/mol. The first kappa shape index (κ1) is 41.3. The van der Waals surface area contributed by atoms with Crippen LogP contribution in [0.25, 0.3) is 0 Å². The summed E-state index contributed by atoms with van der Waals surface area (Å²) in [7, 11) is -4.37. The van der Waals surface area contributed by atoms with Crippen molar-refractivity contribution in [3.05, 3.63) is 99.0 Å². The first-order chi connectivity index (χ1) is 24.8. The maximum atomic E-state index is 14.5. The van der Waals surface area contributed by atoms with Crippen molar-refractivity contribution in [2.75, 3.05) is 26.3 Å². The quantitative estimate of drug-likeness (QED) is 0.125. The second-order valence-corrected chi connectivity index (χ2v) is 15.2. The van der Waals surface area contributed by atoms with Crippen LogP contribution in [0.4, 0.5) is 4.79 Å². The number of carbonyl (C=O) groups excluding carboxylic acids is 2. The van der Waals surface area contributed by atoms with E-state index in [1.165, 1.54) is 18.2 Å². The molecular formula is C36H43Cl3N4O8S. The minimum atomic E-state index is -4.37. The number of amides is 3. The maximum absolute atomic E-state index is 14.5. The van der Waals surface area contributed by atoms with Gasteiger partial charge in [0.1, 0.15) is 17.0 Å². The molecule has 3 amide bonds. The molecule has 0 saturated heterocycles. The molecule has 0 bridgehead atoms. The lowest BCUT2D eigenvalue weighted by atomic mass is 9.90. The highest BCUT2D eigenvalue weighted by molar-refractivity contribution is 7.89. The molecule has 1 saturated carbocycles. The van der Waals surface area contributed by atoms with E-state index in [1.807, 2.05) is 13.8 Å². The largest absolute Gasteiger partial charge is 0.465 e. The highest BCUT2D eigenvalue weighted by Crippen LogP contribution is 2.28. The van der Waals surface area contributed by atoms with Crippen LogP contribution in [0, 0.1) is 0 Å². The summed E-state index contributed by atoms with van der Waals surface area (Å²) in [6.07, 6.45) is 0.259. The zero-order chi connectivity index (χ0) is 37.8. The second-order valence-electron chi connectivity index (χ2n) is 12.1. The van der Waals surface area contributed by atoms with Gasteiger partial charge in [-0.3, -0.25) is 14.5 Å². The fraction of sp³-hybridized carbons (Fsp3) is 0.417. The van der Waals surface area contributed by atoms with Crippen molar-refractivity contribution < 1.29 is 37.4 Å². The molecule has 0 aliphatic heterocycles. The van der Waals surface area contributed by atoms with Gasteiger partial charge < -0.3 is 24.8 Å². The van der Waals surface area contributed by atoms with E-state index in [0.717, 1.165) is 24.2 Å². The van der Waals surface area contributed by atoms with Crippen LogP contribution < -0.4 is 10.0 Å². The van der Waals surface area contributed by atoms with Gasteiger partial charge in [0.2, 0.25) is 21.8 Å². The summed E-state index contributed by atoms with van der Waals surface area (Å²) in [6.45, 7) is 3.52. The van der Waals surface area contributed by atoms with Crippen molar-refractivity contribution in [2.45, 2.75) is 75.4 Å². The van der Waals surface area contributed by atoms with E-state index in [4.69, 9.17) is 44.3 Å². The van der Waals surface area contributed by atoms with Crippen LogP contribution in [-0.2, 0) is 42.1 Å². The van der Waals surface area contributed by atoms with Gasteiger partial charge in [0.05, 0.1) is 11.6 Å². The van der Waals surface area contributed by atoms with E-state index in [-0.39, 0.29) is 40.5 Å². The fourth-order valence-electron chi connectivity index (χ4n) is 5.72. The van der Waals surface area contributed by atoms with E-state index in [2.05, 4.69) is 10.0 Å². The molecule has 0 spiro atoms. The number of halogens is 3. The number of carboxylic acid groups (broad SMARTS) is 1. The highest BCUT2D eigenvalue weighted by Gasteiger charge is 2.38. The summed E-state index contributed by atoms with van der Waals surface area (Å²) in [5, 5.41) is 13.7. The minimum Gasteiger partial charge on any atom is -0.465 e. The second kappa shape index (κ2) is 19.6. The van der Waals surface area contributed by atoms with Crippen LogP contribution in [0.3, 0.4) is 0 Å². The van der Waals surface area contributed by atoms with Crippen LogP contribution >= 0.6 is 34.8 Å². The van der Waals surface area contributed by atoms with E-state index in [9.17, 15) is 27.9 Å². The molecule has 0 radical (unpaired) electrons. The van der Waals surface area contributed by atoms with Gasteiger partial charge in [-0.15, -0.1) is 0 Å². The third-order valence-electron chi connectivity index (χ3n) is 8.59. The molecule has 52 heavy (non-hydrogen) atoms. The monoisotopic (exact) mass is 796 g/mol. The Morgan fingerprint density at radius 1 is 0.904 bits per heavy atom. The molecule has 0 heterocycles. The number of nitrogens with one attached hydrogen (secondary N) is 2. The Balaban J connectivity index is 1.71. The molecule has 282 valence electrons. The Morgan fingerprint density at radius 2 is 1.54 bits per heavy atom. The van der Waals surface area contributed by atoms with Gasteiger partial charge in [-0.25, -0.2) is 17.9 Å². The van der Waals surface area contributed by atoms with Gasteiger partial charge in [-0.2, -0.15) is 0 Å². The Hall–Kier alpha value is -3.43. The number of ether oxygens (including phenoxy) is 2. The summed E-state index contributed by atoms with van der Waals surface area (Å²) < 4.78 is 40.7. The van der Waals surface area contributed by atoms with Crippen molar-refractivity contribution >= 4 is 62.7 Å². The first-order valence-corrected chi connectivity index (χ1v) is 19.5. The summed E-state index contributed by atoms with van der Waals surface area (Å²) in [4.78, 5) is 43.8. The van der Waals surface area contributed by atoms with Gasteiger partial charge in [-0.05, 0) is 74.6 Å². The number of nitrogens with zero attached hydrogens (tertiary/aromatic N) is 2. The Bertz CT molecular complexity index is 1760. The van der Waals surface area contributed by atoms with Gasteiger partial charge in [0.25, 0.3) is 0 Å². The van der Waals surface area contributed by atoms with E-state index in [0.29, 0.717) is 29.4 Å². The molecule has 3 N–H and O–H groups in total. The number of hydrogen-bond donors (Lipinski definition) is 3. The summed E-state index contributed by atoms with van der Waals surface area (Å²) in [5.41, 5.74) is 1.23. The summed E-state index contributed by atoms with van der Waals surface area (Å²) >= 11 is 18.3. The van der Waals surface area contributed by atoms with Crippen molar-refractivity contribution in [3.8, 4) is 0 Å². The van der Waals surface area contributed by atoms with Crippen molar-refractivity contribution in [2.24, 2.45) is 0 Å². The zero-order valence-electron chi connectivity index (χ0n) is 28.8. The number of rotatable bonds is 19. The maximum Gasteiger partial charge on any atom is 0.408 e. The van der Waals surface area contributed by atoms with Gasteiger partial charge in [-0.1, -0.05) is 77.3 Å². The molecule has 3 aromatic carbocycles. The smallest absolute Gasteiger partial charge is 0.408 e. The molecule has 2 unspecified atom stereocenters. The van der Waals surface area contributed by atoms with Crippen LogP contribution in [0.2, 0.25) is 15.1 Å². The van der Waals surface area contributed by atoms with Gasteiger partial charge >= 0.3 is 6.09 Å². The molecule has 1 aliphatic rings. The molecule has 4 rings (SSSR count). The van der Waals surface area contributed by atoms with Crippen LogP contribution in [0.1, 0.15) is 44.2 Å². The lowest BCUT2D eigenvalue weighted by Gasteiger charge is -2.41. The first-order valence-electron chi connectivity index (χ1n) is 16.9. The Kier molecular flexibility index (Phi) is 15.6. The SMILES string of the molecule is CCOC(CN(C(=O)C(Cc1ccc(Cl)cc1)NC(=O)C(CNS(=O)(=O)c1ccc(Cl)cc1Cl)N(Cc1ccccc1)C(=O)O)C1CCC1)OCC. The molecule has 1 aliphatic carbocycles. The lowest BCUT2D eigenvalue weighted by Crippen LogP contribution is -2.60. The lowest BCUT2D eigenvalue weighted by molar-refractivity contribution is -0.166. The standard InChI is InChI=1S/C36H43Cl3N4O8S/c1-3-50-33(51-4-2)23-42(28-11-8-12-28)35(45)30(19-24-13-15-26(37)16-14-24)41-34(44)31(43(36(46)47)22-25-9-6-5-7-10-25)21-40-52(48,49)32-18-17-27(38)20-29(32)39/h5-7,9-10,13-18,20,28,30-31,33,40H,3-4,8,11-12,19,21-23H2,1-2H3,(H,41,44)(H,46,47). The number of carbonyl (C=O) groups is 3.